The number of rotatable bonds is 2. The van der Waals surface area contributed by atoms with E-state index in [1.54, 1.807) is 10.9 Å². The highest BCUT2D eigenvalue weighted by atomic mass is 32.1. The zero-order valence-electron chi connectivity index (χ0n) is 10.5. The van der Waals surface area contributed by atoms with Crippen LogP contribution >= 0.6 is 11.3 Å². The van der Waals surface area contributed by atoms with E-state index >= 15 is 0 Å². The third-order valence-corrected chi connectivity index (χ3v) is 4.10. The van der Waals surface area contributed by atoms with E-state index in [0.717, 1.165) is 16.6 Å². The molecule has 0 spiro atoms. The van der Waals surface area contributed by atoms with Gasteiger partial charge in [0.15, 0.2) is 0 Å². The van der Waals surface area contributed by atoms with Gasteiger partial charge >= 0.3 is 0 Å². The number of nitrogen functional groups attached to an aromatic ring is 1. The number of fused-ring (bicyclic) bond motifs is 1. The number of anilines is 1. The average molecular weight is 271 g/mol. The van der Waals surface area contributed by atoms with Crippen molar-refractivity contribution in [3.63, 3.8) is 0 Å². The number of nitrogens with zero attached hydrogens (tertiary/aromatic N) is 2. The molecule has 2 aromatic heterocycles. The Morgan fingerprint density at radius 3 is 3.05 bits per heavy atom. The molecule has 0 radical (unpaired) electrons. The van der Waals surface area contributed by atoms with Crippen LogP contribution in [0, 0.1) is 6.92 Å². The predicted octanol–water partition coefficient (Wildman–Crippen LogP) is 2.40. The normalized spacial score (nSPS) is 11.0. The highest BCUT2D eigenvalue weighted by molar-refractivity contribution is 7.17. The Balaban J connectivity index is 2.06. The minimum atomic E-state index is 0.00512. The first-order valence-corrected chi connectivity index (χ1v) is 6.81. The zero-order chi connectivity index (χ0) is 13.4. The second kappa shape index (κ2) is 4.51. The number of nitrogens with two attached hydrogens (primary N) is 1. The van der Waals surface area contributed by atoms with Gasteiger partial charge in [-0.3, -0.25) is 9.36 Å². The lowest BCUT2D eigenvalue weighted by molar-refractivity contribution is 0.750. The molecule has 19 heavy (non-hydrogen) atoms. The molecule has 1 aromatic carbocycles. The van der Waals surface area contributed by atoms with Crippen molar-refractivity contribution >= 4 is 27.2 Å². The minimum Gasteiger partial charge on any atom is -0.399 e. The van der Waals surface area contributed by atoms with Gasteiger partial charge in [0.2, 0.25) is 0 Å². The summed E-state index contributed by atoms with van der Waals surface area (Å²) in [5.41, 5.74) is 9.30. The van der Waals surface area contributed by atoms with Crippen molar-refractivity contribution in [3.05, 3.63) is 57.5 Å². The van der Waals surface area contributed by atoms with Crippen molar-refractivity contribution in [2.24, 2.45) is 0 Å². The molecule has 0 aliphatic heterocycles. The van der Waals surface area contributed by atoms with Crippen LogP contribution in [0.3, 0.4) is 0 Å². The van der Waals surface area contributed by atoms with Crippen molar-refractivity contribution in [1.29, 1.82) is 0 Å². The maximum absolute atomic E-state index is 12.3. The first-order valence-electron chi connectivity index (χ1n) is 5.93. The van der Waals surface area contributed by atoms with Crippen molar-refractivity contribution in [2.75, 3.05) is 5.73 Å². The monoisotopic (exact) mass is 271 g/mol. The van der Waals surface area contributed by atoms with Gasteiger partial charge in [-0.25, -0.2) is 4.98 Å². The molecule has 2 N–H and O–H groups in total. The average Bonchev–Trinajstić information content (AvgIpc) is 2.76. The molecule has 0 aliphatic rings. The molecule has 96 valence electrons. The topological polar surface area (TPSA) is 60.9 Å². The van der Waals surface area contributed by atoms with E-state index in [1.165, 1.54) is 11.3 Å². The molecule has 0 unspecified atom stereocenters. The van der Waals surface area contributed by atoms with Crippen molar-refractivity contribution < 1.29 is 0 Å². The number of benzene rings is 1. The lowest BCUT2D eigenvalue weighted by Gasteiger charge is -2.06. The van der Waals surface area contributed by atoms with Gasteiger partial charge in [-0.05, 0) is 35.6 Å². The number of thiophene rings is 1. The van der Waals surface area contributed by atoms with Gasteiger partial charge in [-0.1, -0.05) is 12.1 Å². The van der Waals surface area contributed by atoms with E-state index in [1.807, 2.05) is 36.6 Å². The Labute approximate surface area is 114 Å². The fourth-order valence-electron chi connectivity index (χ4n) is 2.06. The van der Waals surface area contributed by atoms with Crippen LogP contribution in [0.4, 0.5) is 5.69 Å². The Hall–Kier alpha value is -2.14. The van der Waals surface area contributed by atoms with Gasteiger partial charge in [-0.2, -0.15) is 0 Å². The Kier molecular flexibility index (Phi) is 2.83. The summed E-state index contributed by atoms with van der Waals surface area (Å²) < 4.78 is 2.33. The second-order valence-electron chi connectivity index (χ2n) is 4.52. The second-order valence-corrected chi connectivity index (χ2v) is 5.40. The molecule has 5 heteroatoms. The number of aryl methyl sites for hydroxylation is 1. The van der Waals surface area contributed by atoms with Gasteiger partial charge in [-0.15, -0.1) is 11.3 Å². The molecule has 0 fully saturated rings. The molecular formula is C14H13N3OS. The fraction of sp³-hybridized carbons (Fsp3) is 0.143. The molecule has 0 atom stereocenters. The highest BCUT2D eigenvalue weighted by Gasteiger charge is 2.08. The van der Waals surface area contributed by atoms with Crippen LogP contribution in [-0.4, -0.2) is 9.55 Å². The first kappa shape index (κ1) is 11.9. The van der Waals surface area contributed by atoms with Crippen LogP contribution in [0.1, 0.15) is 11.1 Å². The molecular weight excluding hydrogens is 258 g/mol. The molecule has 3 rings (SSSR count). The largest absolute Gasteiger partial charge is 0.399 e. The highest BCUT2D eigenvalue weighted by Crippen LogP contribution is 2.19. The summed E-state index contributed by atoms with van der Waals surface area (Å²) in [6.45, 7) is 2.46. The van der Waals surface area contributed by atoms with Crippen molar-refractivity contribution in [1.82, 2.24) is 9.55 Å². The standard InChI is InChI=1S/C14H13N3OS/c1-9-7-19-13-12(9)16-8-17(14(13)18)6-10-3-2-4-11(15)5-10/h2-5,7-8H,6,15H2,1H3. The smallest absolute Gasteiger partial charge is 0.271 e. The first-order chi connectivity index (χ1) is 9.15. The summed E-state index contributed by atoms with van der Waals surface area (Å²) in [4.78, 5) is 16.7. The molecule has 0 saturated heterocycles. The lowest BCUT2D eigenvalue weighted by Crippen LogP contribution is -2.20. The van der Waals surface area contributed by atoms with Crippen LogP contribution in [0.15, 0.2) is 40.8 Å². The maximum Gasteiger partial charge on any atom is 0.271 e. The van der Waals surface area contributed by atoms with E-state index in [9.17, 15) is 4.79 Å². The van der Waals surface area contributed by atoms with Crippen molar-refractivity contribution in [3.8, 4) is 0 Å². The Morgan fingerprint density at radius 2 is 2.26 bits per heavy atom. The summed E-state index contributed by atoms with van der Waals surface area (Å²) in [5.74, 6) is 0. The quantitative estimate of drug-likeness (QED) is 0.728. The van der Waals surface area contributed by atoms with E-state index in [4.69, 9.17) is 5.73 Å². The van der Waals surface area contributed by atoms with E-state index < -0.39 is 0 Å². The zero-order valence-corrected chi connectivity index (χ0v) is 11.3. The number of aromatic nitrogens is 2. The summed E-state index contributed by atoms with van der Waals surface area (Å²) in [7, 11) is 0. The maximum atomic E-state index is 12.3. The summed E-state index contributed by atoms with van der Waals surface area (Å²) in [5, 5.41) is 1.96. The summed E-state index contributed by atoms with van der Waals surface area (Å²) in [6, 6.07) is 7.54. The van der Waals surface area contributed by atoms with E-state index in [-0.39, 0.29) is 5.56 Å². The third kappa shape index (κ3) is 2.13. The Morgan fingerprint density at radius 1 is 1.42 bits per heavy atom. The van der Waals surface area contributed by atoms with Gasteiger partial charge in [0.1, 0.15) is 4.70 Å². The predicted molar refractivity (Wildman–Crippen MR) is 78.6 cm³/mol. The van der Waals surface area contributed by atoms with Gasteiger partial charge in [0, 0.05) is 5.69 Å². The fourth-order valence-corrected chi connectivity index (χ4v) is 3.01. The van der Waals surface area contributed by atoms with Crippen LogP contribution in [0.25, 0.3) is 10.2 Å². The molecule has 2 heterocycles. The van der Waals surface area contributed by atoms with Crippen LogP contribution in [-0.2, 0) is 6.54 Å². The SMILES string of the molecule is Cc1csc2c(=O)n(Cc3cccc(N)c3)cnc12. The van der Waals surface area contributed by atoms with Gasteiger partial charge in [0.05, 0.1) is 18.4 Å². The summed E-state index contributed by atoms with van der Waals surface area (Å²) in [6.07, 6.45) is 1.60. The molecule has 0 amide bonds. The summed E-state index contributed by atoms with van der Waals surface area (Å²) >= 11 is 1.45. The van der Waals surface area contributed by atoms with Crippen LogP contribution < -0.4 is 11.3 Å². The molecule has 0 saturated carbocycles. The number of hydrogen-bond acceptors (Lipinski definition) is 4. The van der Waals surface area contributed by atoms with Crippen LogP contribution in [0.2, 0.25) is 0 Å². The Bertz CT molecular complexity index is 804. The van der Waals surface area contributed by atoms with E-state index in [2.05, 4.69) is 4.98 Å². The third-order valence-electron chi connectivity index (χ3n) is 3.03. The minimum absolute atomic E-state index is 0.00512. The van der Waals surface area contributed by atoms with Gasteiger partial charge in [0.25, 0.3) is 5.56 Å². The van der Waals surface area contributed by atoms with E-state index in [0.29, 0.717) is 16.9 Å². The van der Waals surface area contributed by atoms with Gasteiger partial charge < -0.3 is 5.73 Å². The molecule has 4 nitrogen and oxygen atoms in total. The van der Waals surface area contributed by atoms with Crippen molar-refractivity contribution in [2.45, 2.75) is 13.5 Å². The molecule has 3 aromatic rings. The molecule has 0 bridgehead atoms. The van der Waals surface area contributed by atoms with Crippen LogP contribution in [0.5, 0.6) is 0 Å². The lowest BCUT2D eigenvalue weighted by atomic mass is 10.2. The molecule has 0 aliphatic carbocycles. The number of hydrogen-bond donors (Lipinski definition) is 1.